The molecule has 3 nitrogen and oxygen atoms in total. The fraction of sp³-hybridized carbons (Fsp3) is 0.324. The van der Waals surface area contributed by atoms with Crippen LogP contribution in [0.5, 0.6) is 0 Å². The van der Waals surface area contributed by atoms with Gasteiger partial charge >= 0.3 is 0 Å². The van der Waals surface area contributed by atoms with Crippen molar-refractivity contribution >= 4 is 74.3 Å². The van der Waals surface area contributed by atoms with E-state index in [-0.39, 0.29) is 39.2 Å². The molecule has 0 radical (unpaired) electrons. The molecule has 380 valence electrons. The molecule has 0 amide bonds. The van der Waals surface area contributed by atoms with Crippen molar-refractivity contribution in [2.75, 3.05) is 14.7 Å². The molecule has 8 aromatic carbocycles. The molecule has 2 heterocycles. The molecule has 0 saturated carbocycles. The molecule has 0 spiro atoms. The molecular formula is C71H78BN3. The standard InChI is InChI=1S/C71H78BN3/c1-66(2,3)45-22-29-50(30-23-45)73(51-31-24-46(25-32-51)67(4,5)6)54-36-38-59-62(44-54)75(53-35-37-58-56(43-53)55-20-18-19-21-57(55)71(58,16)17)64-42-49(70(13,14)15)41-63-65(64)72(59)60-40-48(69(10,11)12)28-39-61(60)74(63)52-33-26-47(27-34-52)68(7,8)9/h18-44H,1-17H3. The topological polar surface area (TPSA) is 9.72 Å². The number of nitrogens with zero attached hydrogens (tertiary/aromatic N) is 3. The molecule has 2 aliphatic heterocycles. The molecule has 1 aliphatic carbocycles. The lowest BCUT2D eigenvalue weighted by Gasteiger charge is -2.45. The van der Waals surface area contributed by atoms with Crippen LogP contribution >= 0.6 is 0 Å². The van der Waals surface area contributed by atoms with E-state index < -0.39 is 0 Å². The Labute approximate surface area is 450 Å². The van der Waals surface area contributed by atoms with Gasteiger partial charge in [-0.3, -0.25) is 0 Å². The Morgan fingerprint density at radius 1 is 0.347 bits per heavy atom. The highest BCUT2D eigenvalue weighted by molar-refractivity contribution is 7.00. The van der Waals surface area contributed by atoms with Gasteiger partial charge in [0.2, 0.25) is 0 Å². The first-order chi connectivity index (χ1) is 35.1. The van der Waals surface area contributed by atoms with Crippen molar-refractivity contribution in [3.05, 3.63) is 203 Å². The van der Waals surface area contributed by atoms with Crippen LogP contribution in [0.2, 0.25) is 0 Å². The average molecular weight is 984 g/mol. The zero-order valence-electron chi connectivity index (χ0n) is 48.0. The highest BCUT2D eigenvalue weighted by atomic mass is 15.2. The quantitative estimate of drug-likeness (QED) is 0.159. The van der Waals surface area contributed by atoms with Gasteiger partial charge in [-0.05, 0) is 172 Å². The van der Waals surface area contributed by atoms with E-state index in [0.29, 0.717) is 0 Å². The molecule has 0 bridgehead atoms. The van der Waals surface area contributed by atoms with Crippen molar-refractivity contribution in [2.24, 2.45) is 0 Å². The van der Waals surface area contributed by atoms with Gasteiger partial charge in [-0.2, -0.15) is 0 Å². The molecule has 3 aliphatic rings. The second-order valence-electron chi connectivity index (χ2n) is 27.7. The lowest BCUT2D eigenvalue weighted by Crippen LogP contribution is -2.61. The maximum atomic E-state index is 2.64. The predicted molar refractivity (Wildman–Crippen MR) is 326 cm³/mol. The van der Waals surface area contributed by atoms with Gasteiger partial charge in [-0.1, -0.05) is 203 Å². The van der Waals surface area contributed by atoms with Gasteiger partial charge in [0.15, 0.2) is 0 Å². The van der Waals surface area contributed by atoms with Crippen LogP contribution in [-0.2, 0) is 32.5 Å². The Balaban J connectivity index is 1.23. The van der Waals surface area contributed by atoms with Crippen LogP contribution in [0.25, 0.3) is 11.1 Å². The SMILES string of the molecule is CC(C)(C)c1ccc(N(c2ccc(C(C)(C)C)cc2)c2ccc3c(c2)N(c2ccc4c(c2)-c2ccccc2C4(C)C)c2cc(C(C)(C)C)cc4c2B3c2cc(C(C)(C)C)ccc2N4c2ccc(C(C)(C)C)cc2)cc1. The Kier molecular flexibility index (Phi) is 11.5. The minimum Gasteiger partial charge on any atom is -0.311 e. The Morgan fingerprint density at radius 2 is 0.800 bits per heavy atom. The summed E-state index contributed by atoms with van der Waals surface area (Å²) >= 11 is 0. The van der Waals surface area contributed by atoms with E-state index in [4.69, 9.17) is 0 Å². The fourth-order valence-corrected chi connectivity index (χ4v) is 12.2. The number of rotatable bonds is 5. The summed E-state index contributed by atoms with van der Waals surface area (Å²) in [5.41, 5.74) is 26.4. The summed E-state index contributed by atoms with van der Waals surface area (Å²) in [7, 11) is 0. The van der Waals surface area contributed by atoms with Gasteiger partial charge in [-0.15, -0.1) is 0 Å². The van der Waals surface area contributed by atoms with Crippen LogP contribution < -0.4 is 31.1 Å². The van der Waals surface area contributed by atoms with E-state index >= 15 is 0 Å². The monoisotopic (exact) mass is 984 g/mol. The number of fused-ring (bicyclic) bond motifs is 7. The Morgan fingerprint density at radius 3 is 1.33 bits per heavy atom. The lowest BCUT2D eigenvalue weighted by molar-refractivity contribution is 0.589. The molecule has 0 aromatic heterocycles. The number of anilines is 9. The first-order valence-corrected chi connectivity index (χ1v) is 27.5. The maximum Gasteiger partial charge on any atom is 0.252 e. The van der Waals surface area contributed by atoms with E-state index in [1.54, 1.807) is 0 Å². The van der Waals surface area contributed by atoms with Crippen LogP contribution in [0.1, 0.15) is 157 Å². The van der Waals surface area contributed by atoms with Gasteiger partial charge in [0.1, 0.15) is 0 Å². The van der Waals surface area contributed by atoms with Crippen molar-refractivity contribution in [3.63, 3.8) is 0 Å². The maximum absolute atomic E-state index is 2.64. The molecule has 0 fully saturated rings. The van der Waals surface area contributed by atoms with Crippen molar-refractivity contribution in [2.45, 2.75) is 150 Å². The predicted octanol–water partition coefficient (Wildman–Crippen LogP) is 18.0. The zero-order chi connectivity index (χ0) is 53.5. The van der Waals surface area contributed by atoms with Gasteiger partial charge in [0.05, 0.1) is 0 Å². The summed E-state index contributed by atoms with van der Waals surface area (Å²) in [6.45, 7) is 39.6. The van der Waals surface area contributed by atoms with E-state index in [1.165, 1.54) is 94.9 Å². The second-order valence-corrected chi connectivity index (χ2v) is 27.7. The Bertz CT molecular complexity index is 3470. The summed E-state index contributed by atoms with van der Waals surface area (Å²) in [5, 5.41) is 0. The Hall–Kier alpha value is -6.78. The van der Waals surface area contributed by atoms with Crippen molar-refractivity contribution in [3.8, 4) is 11.1 Å². The summed E-state index contributed by atoms with van der Waals surface area (Å²) in [4.78, 5) is 7.70. The number of hydrogen-bond acceptors (Lipinski definition) is 3. The highest BCUT2D eigenvalue weighted by Gasteiger charge is 2.46. The lowest BCUT2D eigenvalue weighted by atomic mass is 9.33. The molecule has 11 rings (SSSR count). The third-order valence-electron chi connectivity index (χ3n) is 16.8. The van der Waals surface area contributed by atoms with Crippen molar-refractivity contribution in [1.82, 2.24) is 0 Å². The smallest absolute Gasteiger partial charge is 0.252 e. The second kappa shape index (κ2) is 17.1. The van der Waals surface area contributed by atoms with E-state index in [1.807, 2.05) is 0 Å². The third kappa shape index (κ3) is 8.52. The molecule has 4 heteroatoms. The molecule has 0 atom stereocenters. The first-order valence-electron chi connectivity index (χ1n) is 27.5. The van der Waals surface area contributed by atoms with Crippen LogP contribution in [0.4, 0.5) is 51.2 Å². The normalized spacial score (nSPS) is 14.8. The minimum absolute atomic E-state index is 0.0301. The van der Waals surface area contributed by atoms with Crippen LogP contribution in [0.15, 0.2) is 164 Å². The van der Waals surface area contributed by atoms with Crippen LogP contribution in [0.3, 0.4) is 0 Å². The molecular weight excluding hydrogens is 906 g/mol. The van der Waals surface area contributed by atoms with Crippen molar-refractivity contribution in [1.29, 1.82) is 0 Å². The summed E-state index contributed by atoms with van der Waals surface area (Å²) in [6, 6.07) is 64.1. The number of benzene rings is 8. The molecule has 0 N–H and O–H groups in total. The zero-order valence-corrected chi connectivity index (χ0v) is 48.0. The minimum atomic E-state index is -0.150. The molecule has 8 aromatic rings. The molecule has 0 unspecified atom stereocenters. The van der Waals surface area contributed by atoms with Crippen molar-refractivity contribution < 1.29 is 0 Å². The fourth-order valence-electron chi connectivity index (χ4n) is 12.2. The van der Waals surface area contributed by atoms with Crippen LogP contribution in [0, 0.1) is 0 Å². The van der Waals surface area contributed by atoms with Gasteiger partial charge in [-0.25, -0.2) is 0 Å². The highest BCUT2D eigenvalue weighted by Crippen LogP contribution is 2.53. The van der Waals surface area contributed by atoms with Gasteiger partial charge in [0, 0.05) is 56.6 Å². The average Bonchev–Trinajstić information content (AvgIpc) is 3.57. The summed E-state index contributed by atoms with van der Waals surface area (Å²) in [6.07, 6.45) is 0. The van der Waals surface area contributed by atoms with Crippen LogP contribution in [-0.4, -0.2) is 6.71 Å². The largest absolute Gasteiger partial charge is 0.311 e. The number of hydrogen-bond donors (Lipinski definition) is 0. The third-order valence-corrected chi connectivity index (χ3v) is 16.8. The van der Waals surface area contributed by atoms with E-state index in [2.05, 4.69) is 296 Å². The van der Waals surface area contributed by atoms with Gasteiger partial charge in [0.25, 0.3) is 6.71 Å². The first kappa shape index (κ1) is 50.4. The van der Waals surface area contributed by atoms with Gasteiger partial charge < -0.3 is 14.7 Å². The molecule has 0 saturated heterocycles. The molecule has 75 heavy (non-hydrogen) atoms. The van der Waals surface area contributed by atoms with E-state index in [9.17, 15) is 0 Å². The summed E-state index contributed by atoms with van der Waals surface area (Å²) in [5.74, 6) is 0. The summed E-state index contributed by atoms with van der Waals surface area (Å²) < 4.78 is 0. The van der Waals surface area contributed by atoms with E-state index in [0.717, 1.165) is 22.7 Å².